The van der Waals surface area contributed by atoms with Crippen molar-refractivity contribution in [2.45, 2.75) is 51.2 Å². The number of amides is 1. The van der Waals surface area contributed by atoms with Gasteiger partial charge in [0.25, 0.3) is 5.91 Å². The Bertz CT molecular complexity index is 1540. The molecule has 1 aromatic heterocycles. The molecular weight excluding hydrogens is 592 g/mol. The first kappa shape index (κ1) is 30.3. The van der Waals surface area contributed by atoms with Crippen molar-refractivity contribution in [1.29, 1.82) is 0 Å². The maximum absolute atomic E-state index is 16.2. The number of nitrogens with zero attached hydrogens (tertiary/aromatic N) is 4. The minimum absolute atomic E-state index is 0.0192. The molecule has 1 amide bonds. The van der Waals surface area contributed by atoms with Crippen LogP contribution < -0.4 is 5.32 Å². The molecule has 13 heteroatoms. The number of carboxylic acid groups (broad SMARTS) is 1. The third-order valence-corrected chi connectivity index (χ3v) is 10.3. The van der Waals surface area contributed by atoms with E-state index in [2.05, 4.69) is 10.3 Å². The minimum atomic E-state index is -2.06. The first-order valence-electron chi connectivity index (χ1n) is 14.9. The molecule has 0 radical (unpaired) electrons. The molecule has 4 heterocycles. The number of nitrogens with one attached hydrogen (secondary N) is 1. The summed E-state index contributed by atoms with van der Waals surface area (Å²) < 4.78 is 36.4. The van der Waals surface area contributed by atoms with Crippen LogP contribution in [0.25, 0.3) is 0 Å². The summed E-state index contributed by atoms with van der Waals surface area (Å²) in [5.74, 6) is -2.81. The van der Waals surface area contributed by atoms with Crippen molar-refractivity contribution in [3.8, 4) is 0 Å². The average molecular weight is 628 g/mol. The van der Waals surface area contributed by atoms with E-state index in [4.69, 9.17) is 9.73 Å². The molecule has 2 aromatic rings. The van der Waals surface area contributed by atoms with E-state index in [0.29, 0.717) is 40.5 Å². The first-order valence-corrected chi connectivity index (χ1v) is 15.8. The maximum atomic E-state index is 16.2. The molecule has 6 rings (SSSR count). The van der Waals surface area contributed by atoms with E-state index in [1.54, 1.807) is 37.6 Å². The van der Waals surface area contributed by atoms with Crippen LogP contribution in [-0.4, -0.2) is 88.6 Å². The van der Waals surface area contributed by atoms with Crippen molar-refractivity contribution in [1.82, 2.24) is 20.1 Å². The third kappa shape index (κ3) is 5.19. The van der Waals surface area contributed by atoms with Crippen LogP contribution in [0.3, 0.4) is 0 Å². The Morgan fingerprint density at radius 3 is 2.70 bits per heavy atom. The van der Waals surface area contributed by atoms with Gasteiger partial charge in [0.05, 0.1) is 17.6 Å². The van der Waals surface area contributed by atoms with Gasteiger partial charge in [0.1, 0.15) is 11.9 Å². The topological polar surface area (TPSA) is 124 Å². The van der Waals surface area contributed by atoms with Crippen LogP contribution >= 0.6 is 11.3 Å². The van der Waals surface area contributed by atoms with E-state index in [1.807, 2.05) is 4.90 Å². The van der Waals surface area contributed by atoms with E-state index in [0.717, 1.165) is 6.42 Å². The van der Waals surface area contributed by atoms with Crippen LogP contribution in [0, 0.1) is 24.1 Å². The number of rotatable bonds is 9. The fourth-order valence-electron chi connectivity index (χ4n) is 6.84. The predicted molar refractivity (Wildman–Crippen MR) is 158 cm³/mol. The van der Waals surface area contributed by atoms with Gasteiger partial charge in [0.15, 0.2) is 16.5 Å². The number of halogens is 2. The number of hydrogen-bond acceptors (Lipinski definition) is 9. The molecule has 0 bridgehead atoms. The number of ether oxygens (including phenoxy) is 1. The Morgan fingerprint density at radius 1 is 1.25 bits per heavy atom. The first-order chi connectivity index (χ1) is 21.1. The van der Waals surface area contributed by atoms with Gasteiger partial charge in [-0.3, -0.25) is 19.5 Å². The summed E-state index contributed by atoms with van der Waals surface area (Å²) in [5.41, 5.74) is -1.46. The van der Waals surface area contributed by atoms with Gasteiger partial charge in [-0.15, -0.1) is 11.3 Å². The lowest BCUT2D eigenvalue weighted by Gasteiger charge is -2.40. The number of hydrogen-bond donors (Lipinski definition) is 2. The highest BCUT2D eigenvalue weighted by Gasteiger charge is 2.59. The normalized spacial score (nSPS) is 26.5. The SMILES string of the molecule is CCOC(=O)C1=C(CN2CC[C@]3(F)C(=O)N(CC4(C(=O)O)CCC4)C[C@@H]3C2)NC(c2nccs2)=N[C@H]1c1cccc(F)c1C. The molecule has 3 atom stereocenters. The summed E-state index contributed by atoms with van der Waals surface area (Å²) in [4.78, 5) is 51.3. The minimum Gasteiger partial charge on any atom is -0.481 e. The summed E-state index contributed by atoms with van der Waals surface area (Å²) in [6.07, 6.45) is 3.33. The zero-order valence-corrected chi connectivity index (χ0v) is 25.5. The molecule has 3 fully saturated rings. The molecule has 4 aliphatic rings. The number of likely N-dealkylation sites (tertiary alicyclic amines) is 2. The Balaban J connectivity index is 1.30. The van der Waals surface area contributed by atoms with Gasteiger partial charge in [-0.25, -0.2) is 18.6 Å². The quantitative estimate of drug-likeness (QED) is 0.404. The van der Waals surface area contributed by atoms with Crippen LogP contribution in [0.4, 0.5) is 8.78 Å². The highest BCUT2D eigenvalue weighted by atomic mass is 32.1. The number of aliphatic carboxylic acids is 1. The van der Waals surface area contributed by atoms with E-state index in [1.165, 1.54) is 22.3 Å². The number of esters is 1. The highest BCUT2D eigenvalue weighted by molar-refractivity contribution is 7.11. The Hall–Kier alpha value is -3.71. The van der Waals surface area contributed by atoms with Gasteiger partial charge >= 0.3 is 11.9 Å². The van der Waals surface area contributed by atoms with Crippen molar-refractivity contribution in [2.24, 2.45) is 16.3 Å². The number of aliphatic imine (C=N–C) groups is 1. The zero-order chi connectivity index (χ0) is 31.2. The van der Waals surface area contributed by atoms with E-state index < -0.39 is 46.7 Å². The molecule has 1 aliphatic carbocycles. The van der Waals surface area contributed by atoms with Crippen molar-refractivity contribution in [3.05, 3.63) is 63.0 Å². The zero-order valence-electron chi connectivity index (χ0n) is 24.6. The molecule has 0 spiro atoms. The fraction of sp³-hybridized carbons (Fsp3) is 0.516. The summed E-state index contributed by atoms with van der Waals surface area (Å²) in [7, 11) is 0. The number of carbonyl (C=O) groups is 3. The lowest BCUT2D eigenvalue weighted by Crippen LogP contribution is -2.53. The largest absolute Gasteiger partial charge is 0.481 e. The van der Waals surface area contributed by atoms with Crippen molar-refractivity contribution < 1.29 is 33.0 Å². The number of benzene rings is 1. The van der Waals surface area contributed by atoms with Gasteiger partial charge in [0.2, 0.25) is 0 Å². The summed E-state index contributed by atoms with van der Waals surface area (Å²) >= 11 is 1.36. The summed E-state index contributed by atoms with van der Waals surface area (Å²) in [5, 5.41) is 15.5. The number of aromatic nitrogens is 1. The fourth-order valence-corrected chi connectivity index (χ4v) is 7.43. The molecular formula is C31H35F2N5O5S. The second kappa shape index (κ2) is 11.7. The Labute approximate surface area is 257 Å². The Morgan fingerprint density at radius 2 is 2.05 bits per heavy atom. The standard InChI is InChI=1S/C31H35F2N5O5S/c1-3-43-27(39)23-22(35-25(26-34-11-13-44-26)36-24(23)20-6-4-7-21(32)18(20)2)16-37-12-10-31(33)19(14-37)15-38(28(31)40)17-30(29(41)42)8-5-9-30/h4,6-7,11,13,19,24H,3,5,8-10,12,14-17H2,1-2H3,(H,35,36)(H,41,42)/t19-,24-,31+/m0/s1. The number of fused-ring (bicyclic) bond motifs is 1. The number of piperidine rings is 1. The maximum Gasteiger partial charge on any atom is 0.338 e. The number of thiazole rings is 1. The van der Waals surface area contributed by atoms with Gasteiger partial charge in [-0.1, -0.05) is 18.6 Å². The van der Waals surface area contributed by atoms with Crippen LogP contribution in [0.5, 0.6) is 0 Å². The number of alkyl halides is 1. The summed E-state index contributed by atoms with van der Waals surface area (Å²) in [6.45, 7) is 4.29. The van der Waals surface area contributed by atoms with E-state index >= 15 is 4.39 Å². The number of carbonyl (C=O) groups excluding carboxylic acids is 2. The molecule has 2 N–H and O–H groups in total. The van der Waals surface area contributed by atoms with Crippen molar-refractivity contribution in [3.63, 3.8) is 0 Å². The smallest absolute Gasteiger partial charge is 0.338 e. The van der Waals surface area contributed by atoms with Gasteiger partial charge in [0, 0.05) is 62.3 Å². The molecule has 1 aromatic carbocycles. The second-order valence-corrected chi connectivity index (χ2v) is 13.0. The average Bonchev–Trinajstić information content (AvgIpc) is 3.59. The lowest BCUT2D eigenvalue weighted by molar-refractivity contribution is -0.158. The van der Waals surface area contributed by atoms with E-state index in [9.17, 15) is 23.9 Å². The number of amidine groups is 1. The van der Waals surface area contributed by atoms with Crippen LogP contribution in [-0.2, 0) is 19.1 Å². The second-order valence-electron chi connectivity index (χ2n) is 12.1. The summed E-state index contributed by atoms with van der Waals surface area (Å²) in [6, 6.07) is 3.79. The molecule has 0 unspecified atom stereocenters. The van der Waals surface area contributed by atoms with Crippen LogP contribution in [0.2, 0.25) is 0 Å². The predicted octanol–water partition coefficient (Wildman–Crippen LogP) is 3.63. The monoisotopic (exact) mass is 627 g/mol. The molecule has 44 heavy (non-hydrogen) atoms. The molecule has 2 saturated heterocycles. The molecule has 10 nitrogen and oxygen atoms in total. The van der Waals surface area contributed by atoms with Gasteiger partial charge in [-0.05, 0) is 43.9 Å². The number of carboxylic acids is 1. The molecule has 3 aliphatic heterocycles. The van der Waals surface area contributed by atoms with Crippen LogP contribution in [0.15, 0.2) is 46.0 Å². The van der Waals surface area contributed by atoms with Crippen LogP contribution in [0.1, 0.15) is 54.8 Å². The highest BCUT2D eigenvalue weighted by Crippen LogP contribution is 2.46. The van der Waals surface area contributed by atoms with Crippen molar-refractivity contribution >= 4 is 35.0 Å². The third-order valence-electron chi connectivity index (χ3n) is 9.50. The van der Waals surface area contributed by atoms with E-state index in [-0.39, 0.29) is 51.3 Å². The molecule has 234 valence electrons. The molecule has 1 saturated carbocycles. The van der Waals surface area contributed by atoms with Crippen molar-refractivity contribution in [2.75, 3.05) is 39.3 Å². The van der Waals surface area contributed by atoms with Gasteiger partial charge < -0.3 is 20.1 Å². The Kier molecular flexibility index (Phi) is 8.03. The van der Waals surface area contributed by atoms with Gasteiger partial charge in [-0.2, -0.15) is 0 Å². The lowest BCUT2D eigenvalue weighted by atomic mass is 9.68.